The Morgan fingerprint density at radius 3 is 2.89 bits per heavy atom. The minimum absolute atomic E-state index is 0.0152. The summed E-state index contributed by atoms with van der Waals surface area (Å²) in [4.78, 5) is 10.5. The average Bonchev–Trinajstić information content (AvgIpc) is 2.55. The van der Waals surface area contributed by atoms with Crippen LogP contribution in [0.3, 0.4) is 0 Å². The van der Waals surface area contributed by atoms with Crippen molar-refractivity contribution in [1.29, 1.82) is 0 Å². The lowest BCUT2D eigenvalue weighted by Gasteiger charge is -2.23. The van der Waals surface area contributed by atoms with E-state index in [9.17, 15) is 15.0 Å². The quantitative estimate of drug-likeness (QED) is 0.187. The molecule has 0 radical (unpaired) electrons. The number of hydrogen-bond acceptors (Lipinski definition) is 8. The Balaban J connectivity index is 2.08. The van der Waals surface area contributed by atoms with Crippen LogP contribution in [-0.4, -0.2) is 51.2 Å². The molecule has 1 aliphatic rings. The molecule has 150 valence electrons. The molecule has 0 spiro atoms. The molecule has 8 nitrogen and oxygen atoms in total. The Morgan fingerprint density at radius 1 is 1.48 bits per heavy atom. The lowest BCUT2D eigenvalue weighted by atomic mass is 10.0. The molecule has 1 heterocycles. The molecule has 1 atom stereocenters. The molecular weight excluding hydrogens is 372 g/mol. The molecule has 0 fully saturated rings. The van der Waals surface area contributed by atoms with Gasteiger partial charge in [0.15, 0.2) is 0 Å². The summed E-state index contributed by atoms with van der Waals surface area (Å²) in [5.74, 6) is -0.112. The minimum Gasteiger partial charge on any atom is -0.507 e. The molecule has 1 unspecified atom stereocenters. The number of benzene rings is 1. The number of hydrogen-bond donors (Lipinski definition) is 5. The smallest absolute Gasteiger partial charge is 0.303 e. The first-order chi connectivity index (χ1) is 12.7. The average molecular weight is 398 g/mol. The molecule has 0 bridgehead atoms. The molecule has 1 aliphatic heterocycles. The first-order valence-electron chi connectivity index (χ1n) is 8.73. The molecule has 0 amide bonds. The molecular formula is C18H26N2O6S. The van der Waals surface area contributed by atoms with E-state index in [1.165, 1.54) is 6.07 Å². The van der Waals surface area contributed by atoms with Crippen LogP contribution in [0.15, 0.2) is 17.2 Å². The van der Waals surface area contributed by atoms with Crippen LogP contribution in [0.2, 0.25) is 0 Å². The van der Waals surface area contributed by atoms with Crippen molar-refractivity contribution in [3.8, 4) is 17.2 Å². The molecule has 0 saturated heterocycles. The number of rotatable bonds is 9. The van der Waals surface area contributed by atoms with Crippen LogP contribution in [0.25, 0.3) is 0 Å². The number of hydrazone groups is 1. The number of carbonyl (C=O) groups is 1. The van der Waals surface area contributed by atoms with Gasteiger partial charge in [-0.2, -0.15) is 17.7 Å². The molecule has 1 aromatic carbocycles. The van der Waals surface area contributed by atoms with Gasteiger partial charge in [0.1, 0.15) is 23.5 Å². The number of phenolic OH excluding ortho intramolecular Hbond substituents is 1. The van der Waals surface area contributed by atoms with E-state index in [2.05, 4.69) is 23.2 Å². The highest BCUT2D eigenvalue weighted by atomic mass is 32.1. The highest BCUT2D eigenvalue weighted by Gasteiger charge is 2.23. The zero-order chi connectivity index (χ0) is 20.0. The number of aliphatic carboxylic acids is 1. The number of aliphatic hydroxyl groups excluding tert-OH is 1. The Bertz CT molecular complexity index is 702. The van der Waals surface area contributed by atoms with Crippen molar-refractivity contribution in [2.45, 2.75) is 50.5 Å². The van der Waals surface area contributed by atoms with E-state index in [0.717, 1.165) is 0 Å². The Kier molecular flexibility index (Phi) is 7.20. The summed E-state index contributed by atoms with van der Waals surface area (Å²) in [6.07, 6.45) is 0.385. The van der Waals surface area contributed by atoms with Crippen molar-refractivity contribution in [1.82, 2.24) is 5.43 Å². The van der Waals surface area contributed by atoms with Crippen LogP contribution in [0.5, 0.6) is 17.2 Å². The maximum absolute atomic E-state index is 10.5. The highest BCUT2D eigenvalue weighted by Crippen LogP contribution is 2.37. The number of aliphatic hydroxyl groups is 1. The largest absolute Gasteiger partial charge is 0.507 e. The van der Waals surface area contributed by atoms with Crippen molar-refractivity contribution in [2.24, 2.45) is 5.10 Å². The van der Waals surface area contributed by atoms with E-state index < -0.39 is 12.2 Å². The van der Waals surface area contributed by atoms with Crippen LogP contribution in [0.1, 0.15) is 45.1 Å². The van der Waals surface area contributed by atoms with Gasteiger partial charge in [-0.15, -0.1) is 0 Å². The molecule has 27 heavy (non-hydrogen) atoms. The number of nitrogens with zero attached hydrogens (tertiary/aromatic N) is 1. The Morgan fingerprint density at radius 2 is 2.22 bits per heavy atom. The van der Waals surface area contributed by atoms with Crippen LogP contribution in [0, 0.1) is 0 Å². The van der Waals surface area contributed by atoms with Gasteiger partial charge in [-0.1, -0.05) is 13.8 Å². The highest BCUT2D eigenvalue weighted by molar-refractivity contribution is 7.81. The minimum atomic E-state index is -0.882. The van der Waals surface area contributed by atoms with Crippen LogP contribution >= 0.6 is 12.6 Å². The maximum Gasteiger partial charge on any atom is 0.303 e. The number of phenols is 1. The summed E-state index contributed by atoms with van der Waals surface area (Å²) in [7, 11) is 0. The summed E-state index contributed by atoms with van der Waals surface area (Å²) in [6.45, 7) is 4.38. The fraction of sp³-hybridized carbons (Fsp3) is 0.556. The standard InChI is InChI=1S/C18H26N2O6S/c1-18(2,27)10-15(22)20-19-12-5-7-26-14-9-11(8-13(21)17(12)14)25-6-3-4-16(23)24/h8-9,15,20-22,27H,3-7,10H2,1-2H3,(H,23,24)/b19-12+. The van der Waals surface area contributed by atoms with E-state index in [-0.39, 0.29) is 23.5 Å². The fourth-order valence-corrected chi connectivity index (χ4v) is 2.82. The Labute approximate surface area is 163 Å². The van der Waals surface area contributed by atoms with Crippen molar-refractivity contribution < 1.29 is 29.6 Å². The van der Waals surface area contributed by atoms with E-state index in [1.54, 1.807) is 6.07 Å². The third kappa shape index (κ3) is 6.84. The van der Waals surface area contributed by atoms with Crippen molar-refractivity contribution >= 4 is 24.3 Å². The van der Waals surface area contributed by atoms with Gasteiger partial charge in [-0.25, -0.2) is 0 Å². The normalized spacial score (nSPS) is 16.4. The summed E-state index contributed by atoms with van der Waals surface area (Å²) < 4.78 is 10.7. The monoisotopic (exact) mass is 398 g/mol. The molecule has 1 aromatic rings. The number of nitrogens with one attached hydrogen (secondary N) is 1. The second-order valence-corrected chi connectivity index (χ2v) is 8.19. The van der Waals surface area contributed by atoms with Gasteiger partial charge in [0.05, 0.1) is 24.5 Å². The predicted molar refractivity (Wildman–Crippen MR) is 104 cm³/mol. The van der Waals surface area contributed by atoms with Gasteiger partial charge in [0.25, 0.3) is 0 Å². The fourth-order valence-electron chi connectivity index (χ4n) is 2.64. The van der Waals surface area contributed by atoms with Gasteiger partial charge < -0.3 is 24.8 Å². The number of carboxylic acids is 1. The molecule has 0 aromatic heterocycles. The maximum atomic E-state index is 10.5. The Hall–Kier alpha value is -2.13. The van der Waals surface area contributed by atoms with E-state index in [4.69, 9.17) is 14.6 Å². The summed E-state index contributed by atoms with van der Waals surface area (Å²) in [6, 6.07) is 3.08. The van der Waals surface area contributed by atoms with E-state index >= 15 is 0 Å². The first kappa shape index (κ1) is 21.2. The van der Waals surface area contributed by atoms with Gasteiger partial charge in [0.2, 0.25) is 0 Å². The second kappa shape index (κ2) is 9.18. The summed E-state index contributed by atoms with van der Waals surface area (Å²) in [5, 5.41) is 33.2. The number of fused-ring (bicyclic) bond motifs is 1. The summed E-state index contributed by atoms with van der Waals surface area (Å²) >= 11 is 4.38. The van der Waals surface area contributed by atoms with Crippen molar-refractivity contribution in [2.75, 3.05) is 13.2 Å². The number of ether oxygens (including phenoxy) is 2. The number of aromatic hydroxyl groups is 1. The molecule has 0 saturated carbocycles. The predicted octanol–water partition coefficient (Wildman–Crippen LogP) is 2.13. The zero-order valence-corrected chi connectivity index (χ0v) is 16.3. The lowest BCUT2D eigenvalue weighted by Crippen LogP contribution is -2.32. The van der Waals surface area contributed by atoms with Gasteiger partial charge in [-0.05, 0) is 6.42 Å². The molecule has 2 rings (SSSR count). The summed E-state index contributed by atoms with van der Waals surface area (Å²) in [5.41, 5.74) is 3.70. The first-order valence-corrected chi connectivity index (χ1v) is 9.18. The molecule has 0 aliphatic carbocycles. The lowest BCUT2D eigenvalue weighted by molar-refractivity contribution is -0.137. The number of carboxylic acid groups (broad SMARTS) is 1. The van der Waals surface area contributed by atoms with Crippen molar-refractivity contribution in [3.05, 3.63) is 17.7 Å². The van der Waals surface area contributed by atoms with E-state index in [0.29, 0.717) is 48.6 Å². The zero-order valence-electron chi connectivity index (χ0n) is 15.4. The van der Waals surface area contributed by atoms with Gasteiger partial charge in [0, 0.05) is 36.1 Å². The van der Waals surface area contributed by atoms with Crippen LogP contribution in [0.4, 0.5) is 0 Å². The topological polar surface area (TPSA) is 121 Å². The second-order valence-electron chi connectivity index (χ2n) is 6.98. The van der Waals surface area contributed by atoms with Crippen molar-refractivity contribution in [3.63, 3.8) is 0 Å². The molecule has 4 N–H and O–H groups in total. The van der Waals surface area contributed by atoms with Gasteiger partial charge >= 0.3 is 5.97 Å². The van der Waals surface area contributed by atoms with Crippen LogP contribution in [-0.2, 0) is 4.79 Å². The van der Waals surface area contributed by atoms with Gasteiger partial charge in [-0.3, -0.25) is 10.2 Å². The third-order valence-electron chi connectivity index (χ3n) is 3.79. The number of thiol groups is 1. The van der Waals surface area contributed by atoms with Crippen LogP contribution < -0.4 is 14.9 Å². The van der Waals surface area contributed by atoms with E-state index in [1.807, 2.05) is 13.8 Å². The SMILES string of the molecule is CC(C)(S)CC(O)N/N=C1\CCOc2cc(OCCCC(=O)O)cc(O)c21. The third-order valence-corrected chi connectivity index (χ3v) is 3.97. The molecule has 9 heteroatoms.